The van der Waals surface area contributed by atoms with Gasteiger partial charge in [-0.05, 0) is 43.7 Å². The number of rotatable bonds is 6. The molecule has 1 amide bonds. The molecule has 1 N–H and O–H groups in total. The Bertz CT molecular complexity index is 1540. The van der Waals surface area contributed by atoms with Gasteiger partial charge in [-0.2, -0.15) is 0 Å². The number of aliphatic hydroxyl groups excluding tert-OH is 1. The summed E-state index contributed by atoms with van der Waals surface area (Å²) in [6, 6.07) is 9.05. The lowest BCUT2D eigenvalue weighted by molar-refractivity contribution is -0.132. The van der Waals surface area contributed by atoms with Gasteiger partial charge in [-0.1, -0.05) is 23.5 Å². The van der Waals surface area contributed by atoms with Gasteiger partial charge in [0.15, 0.2) is 16.6 Å². The molecule has 1 saturated heterocycles. The lowest BCUT2D eigenvalue weighted by Gasteiger charge is -2.25. The third-order valence-electron chi connectivity index (χ3n) is 6.70. The van der Waals surface area contributed by atoms with Gasteiger partial charge in [-0.3, -0.25) is 14.5 Å². The van der Waals surface area contributed by atoms with Crippen molar-refractivity contribution in [2.45, 2.75) is 32.4 Å². The molecule has 3 heterocycles. The molecule has 0 spiro atoms. The molecule has 202 valence electrons. The first-order valence-corrected chi connectivity index (χ1v) is 12.9. The number of carbonyl (C=O) groups excluding carboxylic acids is 3. The smallest absolute Gasteiger partial charge is 0.350 e. The van der Waals surface area contributed by atoms with Crippen molar-refractivity contribution in [2.24, 2.45) is 0 Å². The van der Waals surface area contributed by atoms with Crippen LogP contribution in [0.15, 0.2) is 42.0 Å². The summed E-state index contributed by atoms with van der Waals surface area (Å²) in [6.45, 7) is 3.55. The van der Waals surface area contributed by atoms with E-state index in [4.69, 9.17) is 18.9 Å². The van der Waals surface area contributed by atoms with Crippen LogP contribution in [0.4, 0.5) is 5.13 Å². The molecule has 2 unspecified atom stereocenters. The maximum atomic E-state index is 13.6. The van der Waals surface area contributed by atoms with E-state index in [1.54, 1.807) is 43.3 Å². The Hall–Kier alpha value is -4.38. The molecule has 0 aliphatic carbocycles. The van der Waals surface area contributed by atoms with Crippen molar-refractivity contribution in [1.82, 2.24) is 4.98 Å². The Morgan fingerprint density at radius 3 is 2.62 bits per heavy atom. The van der Waals surface area contributed by atoms with Crippen LogP contribution < -0.4 is 19.1 Å². The van der Waals surface area contributed by atoms with Gasteiger partial charge in [-0.25, -0.2) is 9.78 Å². The van der Waals surface area contributed by atoms with Crippen LogP contribution in [0.25, 0.3) is 5.76 Å². The van der Waals surface area contributed by atoms with Crippen molar-refractivity contribution in [3.63, 3.8) is 0 Å². The van der Waals surface area contributed by atoms with Crippen molar-refractivity contribution < 1.29 is 38.4 Å². The molecule has 39 heavy (non-hydrogen) atoms. The van der Waals surface area contributed by atoms with Crippen LogP contribution >= 0.6 is 11.3 Å². The van der Waals surface area contributed by atoms with Crippen LogP contribution in [0.5, 0.6) is 17.2 Å². The summed E-state index contributed by atoms with van der Waals surface area (Å²) < 4.78 is 21.7. The Morgan fingerprint density at radius 1 is 1.15 bits per heavy atom. The number of thiazole rings is 1. The maximum Gasteiger partial charge on any atom is 0.350 e. The summed E-state index contributed by atoms with van der Waals surface area (Å²) in [5, 5.41) is 11.7. The van der Waals surface area contributed by atoms with Crippen molar-refractivity contribution in [3.8, 4) is 17.2 Å². The summed E-state index contributed by atoms with van der Waals surface area (Å²) in [6.07, 6.45) is 0.633. The van der Waals surface area contributed by atoms with E-state index in [1.165, 1.54) is 26.2 Å². The highest BCUT2D eigenvalue weighted by Gasteiger charge is 2.49. The minimum atomic E-state index is -1.13. The highest BCUT2D eigenvalue weighted by molar-refractivity contribution is 7.17. The molecule has 2 aromatic carbocycles. The standard InChI is InChI=1S/C28H26N2O8S/c1-13-11-16-12-15(9-10-18(16)38-13)22(31)20-21(17-7-6-8-19(35-3)24(17)36-4)30(26(33)23(20)32)28-29-14(2)25(39-28)27(34)37-5/h6-10,12-13,21,31H,11H2,1-5H3/b22-20+. The van der Waals surface area contributed by atoms with Crippen molar-refractivity contribution in [1.29, 1.82) is 0 Å². The number of anilines is 1. The fourth-order valence-corrected chi connectivity index (χ4v) is 5.96. The monoisotopic (exact) mass is 550 g/mol. The molecular weight excluding hydrogens is 524 g/mol. The minimum Gasteiger partial charge on any atom is -0.507 e. The molecular formula is C28H26N2O8S. The molecule has 3 aromatic rings. The Balaban J connectivity index is 1.75. The normalized spacial score (nSPS) is 19.6. The van der Waals surface area contributed by atoms with Gasteiger partial charge < -0.3 is 24.1 Å². The third-order valence-corrected chi connectivity index (χ3v) is 7.84. The van der Waals surface area contributed by atoms with Gasteiger partial charge >= 0.3 is 11.9 Å². The molecule has 11 heteroatoms. The van der Waals surface area contributed by atoms with E-state index < -0.39 is 23.7 Å². The Kier molecular flexibility index (Phi) is 6.77. The summed E-state index contributed by atoms with van der Waals surface area (Å²) in [4.78, 5) is 45.2. The number of ketones is 1. The molecule has 2 atom stereocenters. The molecule has 0 bridgehead atoms. The number of para-hydroxylation sites is 1. The number of esters is 1. The lowest BCUT2D eigenvalue weighted by Crippen LogP contribution is -2.29. The number of nitrogens with zero attached hydrogens (tertiary/aromatic N) is 2. The lowest BCUT2D eigenvalue weighted by atomic mass is 9.93. The predicted molar refractivity (Wildman–Crippen MR) is 143 cm³/mol. The first-order valence-electron chi connectivity index (χ1n) is 12.1. The van der Waals surface area contributed by atoms with E-state index in [9.17, 15) is 19.5 Å². The van der Waals surface area contributed by atoms with Crippen LogP contribution in [-0.2, 0) is 20.7 Å². The van der Waals surface area contributed by atoms with E-state index >= 15 is 0 Å². The number of hydrogen-bond donors (Lipinski definition) is 1. The topological polar surface area (TPSA) is 124 Å². The van der Waals surface area contributed by atoms with Crippen LogP contribution in [0, 0.1) is 6.92 Å². The number of carbonyl (C=O) groups is 3. The summed E-state index contributed by atoms with van der Waals surface area (Å²) in [7, 11) is 4.16. The van der Waals surface area contributed by atoms with Crippen LogP contribution in [0.3, 0.4) is 0 Å². The first-order chi connectivity index (χ1) is 18.7. The summed E-state index contributed by atoms with van der Waals surface area (Å²) >= 11 is 0.918. The number of benzene rings is 2. The quantitative estimate of drug-likeness (QED) is 0.208. The van der Waals surface area contributed by atoms with Gasteiger partial charge in [0.05, 0.1) is 32.6 Å². The number of methoxy groups -OCH3 is 3. The second kappa shape index (κ2) is 10.1. The summed E-state index contributed by atoms with van der Waals surface area (Å²) in [5.41, 5.74) is 1.83. The zero-order chi connectivity index (χ0) is 28.0. The van der Waals surface area contributed by atoms with Crippen LogP contribution in [-0.4, -0.2) is 55.2 Å². The number of amides is 1. The molecule has 1 fully saturated rings. The fraction of sp³-hybridized carbons (Fsp3) is 0.286. The zero-order valence-corrected chi connectivity index (χ0v) is 22.8. The van der Waals surface area contributed by atoms with Gasteiger partial charge in [0.1, 0.15) is 28.5 Å². The number of aryl methyl sites for hydroxylation is 1. The molecule has 1 aromatic heterocycles. The molecule has 0 saturated carbocycles. The maximum absolute atomic E-state index is 13.6. The fourth-order valence-electron chi connectivity index (χ4n) is 4.94. The van der Waals surface area contributed by atoms with E-state index in [-0.39, 0.29) is 33.2 Å². The zero-order valence-electron chi connectivity index (χ0n) is 21.9. The highest BCUT2D eigenvalue weighted by atomic mass is 32.1. The Labute approximate surface area is 228 Å². The average Bonchev–Trinajstić information content (AvgIpc) is 3.58. The number of ether oxygens (including phenoxy) is 4. The summed E-state index contributed by atoms with van der Waals surface area (Å²) in [5.74, 6) is -1.42. The molecule has 5 rings (SSSR count). The van der Waals surface area contributed by atoms with Crippen LogP contribution in [0.2, 0.25) is 0 Å². The molecule has 2 aliphatic rings. The number of hydrogen-bond acceptors (Lipinski definition) is 10. The first kappa shape index (κ1) is 26.2. The van der Waals surface area contributed by atoms with Crippen molar-refractivity contribution in [2.75, 3.05) is 26.2 Å². The van der Waals surface area contributed by atoms with Crippen molar-refractivity contribution in [3.05, 3.63) is 69.2 Å². The average molecular weight is 551 g/mol. The number of fused-ring (bicyclic) bond motifs is 1. The van der Waals surface area contributed by atoms with Gasteiger partial charge in [0.25, 0.3) is 5.78 Å². The number of aliphatic hydroxyl groups is 1. The van der Waals surface area contributed by atoms with E-state index in [2.05, 4.69) is 4.98 Å². The molecule has 2 aliphatic heterocycles. The van der Waals surface area contributed by atoms with E-state index in [0.717, 1.165) is 16.9 Å². The highest BCUT2D eigenvalue weighted by Crippen LogP contribution is 2.48. The second-order valence-electron chi connectivity index (χ2n) is 9.11. The van der Waals surface area contributed by atoms with Gasteiger partial charge in [-0.15, -0.1) is 0 Å². The second-order valence-corrected chi connectivity index (χ2v) is 10.1. The van der Waals surface area contributed by atoms with Gasteiger partial charge in [0, 0.05) is 17.5 Å². The number of aromatic nitrogens is 1. The molecule has 0 radical (unpaired) electrons. The van der Waals surface area contributed by atoms with Gasteiger partial charge in [0.2, 0.25) is 0 Å². The predicted octanol–water partition coefficient (Wildman–Crippen LogP) is 4.21. The Morgan fingerprint density at radius 2 is 1.92 bits per heavy atom. The third kappa shape index (κ3) is 4.28. The van der Waals surface area contributed by atoms with Crippen LogP contribution in [0.1, 0.15) is 45.0 Å². The molecule has 10 nitrogen and oxygen atoms in total. The van der Waals surface area contributed by atoms with E-state index in [0.29, 0.717) is 34.7 Å². The number of Topliss-reactive ketones (excluding diaryl/α,β-unsaturated/α-hetero) is 1. The minimum absolute atomic E-state index is 0.0128. The van der Waals surface area contributed by atoms with Crippen molar-refractivity contribution >= 4 is 39.9 Å². The SMILES string of the molecule is COC(=O)c1sc(N2C(=O)C(=O)/C(=C(/O)c3ccc4c(c3)CC(C)O4)C2c2cccc(OC)c2OC)nc1C. The van der Waals surface area contributed by atoms with E-state index in [1.807, 2.05) is 6.92 Å². The largest absolute Gasteiger partial charge is 0.507 e.